The maximum atomic E-state index is 12.1. The Balaban J connectivity index is 1.88. The second kappa shape index (κ2) is 5.11. The molecule has 0 aromatic heterocycles. The van der Waals surface area contributed by atoms with Gasteiger partial charge < -0.3 is 4.18 Å². The Morgan fingerprint density at radius 2 is 1.65 bits per heavy atom. The third-order valence-corrected chi connectivity index (χ3v) is 4.89. The smallest absolute Gasteiger partial charge is 0.339 e. The Labute approximate surface area is 123 Å². The topological polar surface area (TPSA) is 43.4 Å². The number of aryl methyl sites for hydroxylation is 2. The monoisotopic (exact) mass is 308 g/mol. The lowest BCUT2D eigenvalue weighted by molar-refractivity contribution is 0.486. The lowest BCUT2D eigenvalue weighted by Gasteiger charge is -2.08. The van der Waals surface area contributed by atoms with Gasteiger partial charge in [0.2, 0.25) is 0 Å². The van der Waals surface area contributed by atoms with E-state index in [9.17, 15) is 8.42 Å². The second-order valence-corrected chi connectivity index (χ2v) is 6.76. The van der Waals surface area contributed by atoms with E-state index in [0.717, 1.165) is 19.3 Å². The number of fused-ring (bicyclic) bond motifs is 1. The molecule has 0 heterocycles. The van der Waals surface area contributed by atoms with Gasteiger partial charge in [0, 0.05) is 5.02 Å². The molecule has 0 spiro atoms. The van der Waals surface area contributed by atoms with E-state index < -0.39 is 10.1 Å². The fraction of sp³-hybridized carbons (Fsp3) is 0.200. The van der Waals surface area contributed by atoms with Crippen LogP contribution in [0.1, 0.15) is 17.5 Å². The molecule has 0 radical (unpaired) electrons. The molecule has 0 unspecified atom stereocenters. The molecule has 1 aliphatic carbocycles. The van der Waals surface area contributed by atoms with Crippen LogP contribution in [0.4, 0.5) is 0 Å². The largest absolute Gasteiger partial charge is 0.379 e. The van der Waals surface area contributed by atoms with Crippen molar-refractivity contribution in [3.8, 4) is 5.75 Å². The van der Waals surface area contributed by atoms with Crippen LogP contribution in [0, 0.1) is 0 Å². The van der Waals surface area contributed by atoms with Crippen LogP contribution in [0.15, 0.2) is 47.4 Å². The Bertz CT molecular complexity index is 736. The third kappa shape index (κ3) is 2.67. The molecule has 0 bridgehead atoms. The van der Waals surface area contributed by atoms with E-state index in [-0.39, 0.29) is 4.90 Å². The fourth-order valence-corrected chi connectivity index (χ4v) is 3.42. The molecule has 0 N–H and O–H groups in total. The minimum atomic E-state index is -3.81. The first-order valence-electron chi connectivity index (χ1n) is 6.36. The van der Waals surface area contributed by atoms with Gasteiger partial charge in [0.25, 0.3) is 0 Å². The molecule has 3 nitrogen and oxygen atoms in total. The van der Waals surface area contributed by atoms with Crippen molar-refractivity contribution >= 4 is 21.7 Å². The minimum Gasteiger partial charge on any atom is -0.379 e. The maximum absolute atomic E-state index is 12.1. The van der Waals surface area contributed by atoms with Gasteiger partial charge in [0.15, 0.2) is 0 Å². The second-order valence-electron chi connectivity index (χ2n) is 4.78. The summed E-state index contributed by atoms with van der Waals surface area (Å²) < 4.78 is 29.5. The summed E-state index contributed by atoms with van der Waals surface area (Å²) in [4.78, 5) is 0.0994. The van der Waals surface area contributed by atoms with Gasteiger partial charge in [-0.25, -0.2) is 0 Å². The first-order valence-corrected chi connectivity index (χ1v) is 8.15. The van der Waals surface area contributed by atoms with Gasteiger partial charge in [-0.05, 0) is 66.8 Å². The van der Waals surface area contributed by atoms with Gasteiger partial charge in [-0.1, -0.05) is 17.7 Å². The first kappa shape index (κ1) is 13.5. The maximum Gasteiger partial charge on any atom is 0.339 e. The molecule has 2 aromatic rings. The molecule has 5 heteroatoms. The molecule has 1 aliphatic rings. The van der Waals surface area contributed by atoms with E-state index in [1.807, 2.05) is 12.1 Å². The van der Waals surface area contributed by atoms with Crippen molar-refractivity contribution in [2.45, 2.75) is 24.2 Å². The number of halogens is 1. The Kier molecular flexibility index (Phi) is 3.44. The zero-order chi connectivity index (χ0) is 14.2. The minimum absolute atomic E-state index is 0.0994. The molecule has 20 heavy (non-hydrogen) atoms. The number of hydrogen-bond acceptors (Lipinski definition) is 3. The van der Waals surface area contributed by atoms with Gasteiger partial charge in [0.1, 0.15) is 10.6 Å². The molecule has 0 aliphatic heterocycles. The van der Waals surface area contributed by atoms with Crippen molar-refractivity contribution in [1.29, 1.82) is 0 Å². The average molecular weight is 309 g/mol. The van der Waals surface area contributed by atoms with E-state index >= 15 is 0 Å². The lowest BCUT2D eigenvalue weighted by atomic mass is 10.1. The molecule has 2 aromatic carbocycles. The molecular formula is C15H13ClO3S. The summed E-state index contributed by atoms with van der Waals surface area (Å²) >= 11 is 5.75. The third-order valence-electron chi connectivity index (χ3n) is 3.38. The van der Waals surface area contributed by atoms with Gasteiger partial charge >= 0.3 is 10.1 Å². The summed E-state index contributed by atoms with van der Waals surface area (Å²) in [6, 6.07) is 11.4. The van der Waals surface area contributed by atoms with Gasteiger partial charge in [-0.15, -0.1) is 0 Å². The standard InChI is InChI=1S/C15H13ClO3S/c16-13-5-8-15(9-6-13)20(17,18)19-14-7-4-11-2-1-3-12(11)10-14/h4-10H,1-3H2. The van der Waals surface area contributed by atoms with Crippen LogP contribution in [-0.4, -0.2) is 8.42 Å². The van der Waals surface area contributed by atoms with Crippen LogP contribution in [0.25, 0.3) is 0 Å². The van der Waals surface area contributed by atoms with E-state index in [1.165, 1.54) is 35.4 Å². The van der Waals surface area contributed by atoms with Crippen LogP contribution >= 0.6 is 11.6 Å². The predicted molar refractivity (Wildman–Crippen MR) is 77.7 cm³/mol. The van der Waals surface area contributed by atoms with Crippen LogP contribution in [0.3, 0.4) is 0 Å². The highest BCUT2D eigenvalue weighted by atomic mass is 35.5. The summed E-state index contributed by atoms with van der Waals surface area (Å²) in [7, 11) is -3.81. The first-order chi connectivity index (χ1) is 9.54. The van der Waals surface area contributed by atoms with Gasteiger partial charge in [-0.3, -0.25) is 0 Å². The highest BCUT2D eigenvalue weighted by Gasteiger charge is 2.18. The summed E-state index contributed by atoms with van der Waals surface area (Å²) in [5.74, 6) is 0.362. The molecular weight excluding hydrogens is 296 g/mol. The fourth-order valence-electron chi connectivity index (χ4n) is 2.38. The van der Waals surface area contributed by atoms with Crippen LogP contribution in [0.2, 0.25) is 5.02 Å². The normalized spacial score (nSPS) is 14.1. The molecule has 0 amide bonds. The lowest BCUT2D eigenvalue weighted by Crippen LogP contribution is -2.09. The van der Waals surface area contributed by atoms with Crippen molar-refractivity contribution in [3.63, 3.8) is 0 Å². The van der Waals surface area contributed by atoms with Crippen LogP contribution < -0.4 is 4.18 Å². The summed E-state index contributed by atoms with van der Waals surface area (Å²) in [5, 5.41) is 0.487. The quantitative estimate of drug-likeness (QED) is 0.814. The van der Waals surface area contributed by atoms with Crippen molar-refractivity contribution < 1.29 is 12.6 Å². The zero-order valence-electron chi connectivity index (χ0n) is 10.7. The van der Waals surface area contributed by atoms with Crippen molar-refractivity contribution in [2.75, 3.05) is 0 Å². The summed E-state index contributed by atoms with van der Waals surface area (Å²) in [5.41, 5.74) is 2.45. The molecule has 0 saturated carbocycles. The van der Waals surface area contributed by atoms with Crippen LogP contribution in [0.5, 0.6) is 5.75 Å². The van der Waals surface area contributed by atoms with E-state index in [2.05, 4.69) is 0 Å². The zero-order valence-corrected chi connectivity index (χ0v) is 12.2. The Hall–Kier alpha value is -1.52. The Morgan fingerprint density at radius 3 is 2.40 bits per heavy atom. The van der Waals surface area contributed by atoms with E-state index in [1.54, 1.807) is 6.07 Å². The highest BCUT2D eigenvalue weighted by molar-refractivity contribution is 7.87. The Morgan fingerprint density at radius 1 is 0.950 bits per heavy atom. The number of hydrogen-bond donors (Lipinski definition) is 0. The van der Waals surface area contributed by atoms with Gasteiger partial charge in [0.05, 0.1) is 0 Å². The highest BCUT2D eigenvalue weighted by Crippen LogP contribution is 2.28. The van der Waals surface area contributed by atoms with Crippen molar-refractivity contribution in [2.24, 2.45) is 0 Å². The number of benzene rings is 2. The summed E-state index contributed by atoms with van der Waals surface area (Å²) in [6.45, 7) is 0. The van der Waals surface area contributed by atoms with E-state index in [0.29, 0.717) is 10.8 Å². The molecule has 0 atom stereocenters. The van der Waals surface area contributed by atoms with Crippen LogP contribution in [-0.2, 0) is 23.0 Å². The average Bonchev–Trinajstić information content (AvgIpc) is 2.86. The van der Waals surface area contributed by atoms with Gasteiger partial charge in [-0.2, -0.15) is 8.42 Å². The molecule has 0 fully saturated rings. The van der Waals surface area contributed by atoms with Crippen molar-refractivity contribution in [3.05, 3.63) is 58.6 Å². The molecule has 104 valence electrons. The SMILES string of the molecule is O=S(=O)(Oc1ccc2c(c1)CCC2)c1ccc(Cl)cc1. The predicted octanol–water partition coefficient (Wildman–Crippen LogP) is 3.60. The molecule has 0 saturated heterocycles. The molecule has 3 rings (SSSR count). The summed E-state index contributed by atoms with van der Waals surface area (Å²) in [6.07, 6.45) is 3.15. The van der Waals surface area contributed by atoms with E-state index in [4.69, 9.17) is 15.8 Å². The number of rotatable bonds is 3. The van der Waals surface area contributed by atoms with Crippen molar-refractivity contribution in [1.82, 2.24) is 0 Å².